The average Bonchev–Trinajstić information content (AvgIpc) is 3.15. The molecular weight excluding hydrogens is 398 g/mol. The minimum Gasteiger partial charge on any atom is -0.289 e. The van der Waals surface area contributed by atoms with Crippen molar-refractivity contribution in [2.24, 2.45) is 4.99 Å². The van der Waals surface area contributed by atoms with Crippen molar-refractivity contribution in [3.63, 3.8) is 0 Å². The molecule has 2 aromatic heterocycles. The number of nitrogens with one attached hydrogen (secondary N) is 1. The van der Waals surface area contributed by atoms with Crippen molar-refractivity contribution in [2.75, 3.05) is 0 Å². The number of carbonyl (C=O) groups excluding carboxylic acids is 1. The van der Waals surface area contributed by atoms with Gasteiger partial charge in [-0.3, -0.25) is 19.6 Å². The third kappa shape index (κ3) is 3.03. The molecule has 2 N–H and O–H groups in total. The van der Waals surface area contributed by atoms with E-state index in [-0.39, 0.29) is 6.42 Å². The predicted octanol–water partition coefficient (Wildman–Crippen LogP) is 3.70. The van der Waals surface area contributed by atoms with E-state index in [1.165, 1.54) is 4.88 Å². The monoisotopic (exact) mass is 415 g/mol. The van der Waals surface area contributed by atoms with Crippen molar-refractivity contribution in [3.8, 4) is 5.00 Å². The lowest BCUT2D eigenvalue weighted by Gasteiger charge is -2.11. The number of thiophene rings is 1. The van der Waals surface area contributed by atoms with E-state index in [1.807, 2.05) is 35.8 Å². The number of halogens is 1. The molecule has 0 bridgehead atoms. The van der Waals surface area contributed by atoms with Crippen LogP contribution in [0.5, 0.6) is 0 Å². The van der Waals surface area contributed by atoms with Crippen LogP contribution in [0.15, 0.2) is 29.3 Å². The quantitative estimate of drug-likeness (QED) is 0.504. The van der Waals surface area contributed by atoms with Gasteiger partial charge in [0.25, 0.3) is 0 Å². The molecule has 0 aliphatic carbocycles. The number of hydrogen-bond acceptors (Lipinski definition) is 6. The Morgan fingerprint density at radius 2 is 1.96 bits per heavy atom. The highest BCUT2D eigenvalue weighted by Crippen LogP contribution is 2.39. The van der Waals surface area contributed by atoms with Crippen LogP contribution < -0.4 is 5.48 Å². The third-order valence-electron chi connectivity index (χ3n) is 4.86. The van der Waals surface area contributed by atoms with E-state index in [4.69, 9.17) is 21.8 Å². The van der Waals surface area contributed by atoms with Gasteiger partial charge < -0.3 is 0 Å². The van der Waals surface area contributed by atoms with Crippen LogP contribution in [0, 0.1) is 20.8 Å². The molecule has 0 unspecified atom stereocenters. The Morgan fingerprint density at radius 1 is 1.25 bits per heavy atom. The van der Waals surface area contributed by atoms with Crippen molar-refractivity contribution in [1.82, 2.24) is 20.2 Å². The third-order valence-corrected chi connectivity index (χ3v) is 6.30. The number of aliphatic imine (C=N–C) groups is 1. The standard InChI is InChI=1S/C19H18ClN5O2S/c1-9-10(2)28-19-16(9)17(12-4-6-13(20)7-5-12)21-14(8-15(26)24-27)18-23-22-11(3)25(18)19/h4-7,14,27H,8H2,1-3H3,(H,24,26)/t14-/m1/s1. The fourth-order valence-electron chi connectivity index (χ4n) is 3.35. The Morgan fingerprint density at radius 3 is 2.64 bits per heavy atom. The van der Waals surface area contributed by atoms with Crippen LogP contribution in [0.4, 0.5) is 0 Å². The molecular formula is C19H18ClN5O2S. The molecule has 28 heavy (non-hydrogen) atoms. The molecule has 0 spiro atoms. The summed E-state index contributed by atoms with van der Waals surface area (Å²) in [6, 6.07) is 6.89. The highest BCUT2D eigenvalue weighted by molar-refractivity contribution is 7.15. The number of aryl methyl sites for hydroxylation is 2. The molecule has 3 aromatic rings. The van der Waals surface area contributed by atoms with Crippen LogP contribution in [-0.2, 0) is 4.79 Å². The number of benzene rings is 1. The summed E-state index contributed by atoms with van der Waals surface area (Å²) >= 11 is 7.72. The van der Waals surface area contributed by atoms with E-state index < -0.39 is 11.9 Å². The highest BCUT2D eigenvalue weighted by atomic mass is 35.5. The smallest absolute Gasteiger partial charge is 0.245 e. The van der Waals surface area contributed by atoms with Crippen LogP contribution in [0.2, 0.25) is 5.02 Å². The second-order valence-electron chi connectivity index (χ2n) is 6.64. The second-order valence-corrected chi connectivity index (χ2v) is 8.28. The molecule has 144 valence electrons. The Labute approximate surface area is 170 Å². The van der Waals surface area contributed by atoms with Gasteiger partial charge in [-0.15, -0.1) is 21.5 Å². The fourth-order valence-corrected chi connectivity index (χ4v) is 4.69. The van der Waals surface area contributed by atoms with E-state index >= 15 is 0 Å². The van der Waals surface area contributed by atoms with E-state index in [2.05, 4.69) is 24.0 Å². The van der Waals surface area contributed by atoms with Gasteiger partial charge in [-0.1, -0.05) is 23.7 Å². The molecule has 1 aliphatic heterocycles. The summed E-state index contributed by atoms with van der Waals surface area (Å²) in [5.74, 6) is 0.765. The summed E-state index contributed by atoms with van der Waals surface area (Å²) in [4.78, 5) is 18.0. The Hall–Kier alpha value is -2.55. The molecule has 0 radical (unpaired) electrons. The summed E-state index contributed by atoms with van der Waals surface area (Å²) in [5.41, 5.74) is 5.49. The summed E-state index contributed by atoms with van der Waals surface area (Å²) in [6.45, 7) is 6.02. The van der Waals surface area contributed by atoms with Crippen LogP contribution in [0.3, 0.4) is 0 Å². The molecule has 3 heterocycles. The molecule has 1 aliphatic rings. The number of fused-ring (bicyclic) bond motifs is 3. The van der Waals surface area contributed by atoms with Gasteiger partial charge in [0.1, 0.15) is 16.9 Å². The number of hydroxylamine groups is 1. The Kier molecular flexibility index (Phi) is 4.78. The molecule has 4 rings (SSSR count). The van der Waals surface area contributed by atoms with Gasteiger partial charge in [-0.25, -0.2) is 5.48 Å². The van der Waals surface area contributed by atoms with Gasteiger partial charge in [0.15, 0.2) is 5.82 Å². The first-order valence-corrected chi connectivity index (χ1v) is 9.89. The van der Waals surface area contributed by atoms with Gasteiger partial charge in [-0.2, -0.15) is 0 Å². The van der Waals surface area contributed by atoms with Crippen LogP contribution >= 0.6 is 22.9 Å². The van der Waals surface area contributed by atoms with Crippen LogP contribution in [-0.4, -0.2) is 31.6 Å². The zero-order valence-corrected chi connectivity index (χ0v) is 17.1. The number of aromatic nitrogens is 3. The first-order valence-electron chi connectivity index (χ1n) is 8.70. The van der Waals surface area contributed by atoms with Crippen molar-refractivity contribution < 1.29 is 10.0 Å². The maximum atomic E-state index is 11.9. The maximum Gasteiger partial charge on any atom is 0.245 e. The molecule has 9 heteroatoms. The molecule has 1 aromatic carbocycles. The Balaban J connectivity index is 2.01. The van der Waals surface area contributed by atoms with E-state index in [1.54, 1.807) is 16.8 Å². The largest absolute Gasteiger partial charge is 0.289 e. The Bertz CT molecular complexity index is 1100. The lowest BCUT2D eigenvalue weighted by Crippen LogP contribution is -2.22. The fraction of sp³-hybridized carbons (Fsp3) is 0.263. The minimum atomic E-state index is -0.585. The van der Waals surface area contributed by atoms with Gasteiger partial charge in [0, 0.05) is 21.0 Å². The van der Waals surface area contributed by atoms with E-state index in [0.717, 1.165) is 33.2 Å². The first-order chi connectivity index (χ1) is 13.4. The molecule has 0 saturated carbocycles. The van der Waals surface area contributed by atoms with Gasteiger partial charge in [-0.05, 0) is 38.5 Å². The zero-order chi connectivity index (χ0) is 20.0. The number of hydrogen-bond donors (Lipinski definition) is 2. The lowest BCUT2D eigenvalue weighted by molar-refractivity contribution is -0.129. The lowest BCUT2D eigenvalue weighted by atomic mass is 9.99. The number of amides is 1. The topological polar surface area (TPSA) is 92.4 Å². The highest BCUT2D eigenvalue weighted by Gasteiger charge is 2.32. The van der Waals surface area contributed by atoms with Gasteiger partial charge >= 0.3 is 0 Å². The summed E-state index contributed by atoms with van der Waals surface area (Å²) in [7, 11) is 0. The normalized spacial score (nSPS) is 15.5. The average molecular weight is 416 g/mol. The minimum absolute atomic E-state index is 0.0430. The van der Waals surface area contributed by atoms with E-state index in [9.17, 15) is 4.79 Å². The second kappa shape index (κ2) is 7.12. The van der Waals surface area contributed by atoms with Crippen molar-refractivity contribution in [3.05, 3.63) is 62.5 Å². The first kappa shape index (κ1) is 18.8. The van der Waals surface area contributed by atoms with Crippen LogP contribution in [0.25, 0.3) is 5.00 Å². The SMILES string of the molecule is Cc1sc2c(c1C)C(c1ccc(Cl)cc1)=N[C@H](CC(=O)NO)c1nnc(C)n1-2. The van der Waals surface area contributed by atoms with Crippen molar-refractivity contribution in [1.29, 1.82) is 0 Å². The summed E-state index contributed by atoms with van der Waals surface area (Å²) < 4.78 is 1.96. The number of carbonyl (C=O) groups is 1. The van der Waals surface area contributed by atoms with E-state index in [0.29, 0.717) is 10.8 Å². The number of nitrogens with zero attached hydrogens (tertiary/aromatic N) is 4. The van der Waals surface area contributed by atoms with Crippen molar-refractivity contribution in [2.45, 2.75) is 33.2 Å². The molecule has 7 nitrogen and oxygen atoms in total. The summed E-state index contributed by atoms with van der Waals surface area (Å²) in [6.07, 6.45) is -0.0430. The molecule has 0 saturated heterocycles. The van der Waals surface area contributed by atoms with Crippen LogP contribution in [0.1, 0.15) is 45.7 Å². The molecule has 1 amide bonds. The maximum absolute atomic E-state index is 11.9. The molecule has 1 atom stereocenters. The van der Waals surface area contributed by atoms with Crippen molar-refractivity contribution >= 4 is 34.6 Å². The van der Waals surface area contributed by atoms with Gasteiger partial charge in [0.2, 0.25) is 5.91 Å². The zero-order valence-electron chi connectivity index (χ0n) is 15.5. The van der Waals surface area contributed by atoms with Gasteiger partial charge in [0.05, 0.1) is 12.1 Å². The number of rotatable bonds is 3. The molecule has 0 fully saturated rings. The predicted molar refractivity (Wildman–Crippen MR) is 108 cm³/mol. The summed E-state index contributed by atoms with van der Waals surface area (Å²) in [5, 5.41) is 19.1.